The van der Waals surface area contributed by atoms with E-state index >= 15 is 0 Å². The molecule has 0 fully saturated rings. The molecule has 1 aromatic carbocycles. The summed E-state index contributed by atoms with van der Waals surface area (Å²) in [6.45, 7) is 2.32. The van der Waals surface area contributed by atoms with Crippen molar-refractivity contribution < 1.29 is 4.79 Å². The van der Waals surface area contributed by atoms with Gasteiger partial charge in [0.1, 0.15) is 0 Å². The minimum Gasteiger partial charge on any atom is -0.346 e. The SMILES string of the molecule is Cc1cccc(CNC(=O)c2ccc(Cl)c(Br)c2)n1. The van der Waals surface area contributed by atoms with Gasteiger partial charge in [0.2, 0.25) is 0 Å². The second-order valence-electron chi connectivity index (χ2n) is 4.08. The molecule has 0 aliphatic carbocycles. The Balaban J connectivity index is 2.03. The number of rotatable bonds is 3. The number of carbonyl (C=O) groups is 1. The molecule has 0 saturated heterocycles. The summed E-state index contributed by atoms with van der Waals surface area (Å²) in [5.41, 5.74) is 2.33. The zero-order valence-electron chi connectivity index (χ0n) is 10.3. The van der Waals surface area contributed by atoms with Crippen LogP contribution in [0.1, 0.15) is 21.7 Å². The van der Waals surface area contributed by atoms with Crippen LogP contribution in [0.2, 0.25) is 5.02 Å². The number of pyridine rings is 1. The molecule has 0 radical (unpaired) electrons. The number of nitrogens with one attached hydrogen (secondary N) is 1. The number of benzene rings is 1. The number of aryl methyl sites for hydroxylation is 1. The molecule has 0 aliphatic rings. The van der Waals surface area contributed by atoms with Gasteiger partial charge in [-0.15, -0.1) is 0 Å². The van der Waals surface area contributed by atoms with Crippen LogP contribution in [-0.4, -0.2) is 10.9 Å². The Morgan fingerprint density at radius 2 is 2.16 bits per heavy atom. The molecule has 3 nitrogen and oxygen atoms in total. The van der Waals surface area contributed by atoms with Gasteiger partial charge < -0.3 is 5.32 Å². The number of aromatic nitrogens is 1. The van der Waals surface area contributed by atoms with E-state index < -0.39 is 0 Å². The van der Waals surface area contributed by atoms with Crippen molar-refractivity contribution in [2.75, 3.05) is 0 Å². The third-order valence-corrected chi connectivity index (χ3v) is 3.77. The van der Waals surface area contributed by atoms with Crippen molar-refractivity contribution in [3.8, 4) is 0 Å². The molecule has 19 heavy (non-hydrogen) atoms. The van der Waals surface area contributed by atoms with Crippen molar-refractivity contribution in [2.45, 2.75) is 13.5 Å². The van der Waals surface area contributed by atoms with E-state index in [1.165, 1.54) is 0 Å². The standard InChI is InChI=1S/C14H12BrClN2O/c1-9-3-2-4-11(18-9)8-17-14(19)10-5-6-13(16)12(15)7-10/h2-7H,8H2,1H3,(H,17,19). The highest BCUT2D eigenvalue weighted by Crippen LogP contribution is 2.23. The maximum Gasteiger partial charge on any atom is 0.251 e. The summed E-state index contributed by atoms with van der Waals surface area (Å²) in [6, 6.07) is 10.8. The van der Waals surface area contributed by atoms with Crippen LogP contribution in [0.25, 0.3) is 0 Å². The Kier molecular flexibility index (Phi) is 4.56. The number of amides is 1. The molecule has 0 unspecified atom stereocenters. The summed E-state index contributed by atoms with van der Waals surface area (Å²) in [5.74, 6) is -0.152. The Hall–Kier alpha value is -1.39. The summed E-state index contributed by atoms with van der Waals surface area (Å²) < 4.78 is 0.704. The van der Waals surface area contributed by atoms with E-state index in [0.29, 0.717) is 21.6 Å². The normalized spacial score (nSPS) is 10.3. The smallest absolute Gasteiger partial charge is 0.251 e. The molecular formula is C14H12BrClN2O. The van der Waals surface area contributed by atoms with Gasteiger partial charge in [-0.05, 0) is 53.2 Å². The van der Waals surface area contributed by atoms with Crippen molar-refractivity contribution in [3.63, 3.8) is 0 Å². The summed E-state index contributed by atoms with van der Waals surface area (Å²) in [6.07, 6.45) is 0. The van der Waals surface area contributed by atoms with Gasteiger partial charge in [0.05, 0.1) is 17.3 Å². The lowest BCUT2D eigenvalue weighted by molar-refractivity contribution is 0.0950. The Bertz CT molecular complexity index is 616. The lowest BCUT2D eigenvalue weighted by Gasteiger charge is -2.06. The number of hydrogen-bond acceptors (Lipinski definition) is 2. The first-order valence-electron chi connectivity index (χ1n) is 5.72. The Morgan fingerprint density at radius 3 is 2.84 bits per heavy atom. The quantitative estimate of drug-likeness (QED) is 0.925. The largest absolute Gasteiger partial charge is 0.346 e. The van der Waals surface area contributed by atoms with Crippen LogP contribution in [0.15, 0.2) is 40.9 Å². The number of hydrogen-bond donors (Lipinski definition) is 1. The monoisotopic (exact) mass is 338 g/mol. The van der Waals surface area contributed by atoms with E-state index in [-0.39, 0.29) is 5.91 Å². The summed E-state index contributed by atoms with van der Waals surface area (Å²) in [7, 11) is 0. The molecule has 0 aliphatic heterocycles. The van der Waals surface area contributed by atoms with E-state index in [0.717, 1.165) is 11.4 Å². The maximum atomic E-state index is 12.0. The number of halogens is 2. The molecule has 2 rings (SSSR count). The highest BCUT2D eigenvalue weighted by atomic mass is 79.9. The highest BCUT2D eigenvalue weighted by Gasteiger charge is 2.07. The molecule has 0 atom stereocenters. The van der Waals surface area contributed by atoms with E-state index in [2.05, 4.69) is 26.2 Å². The van der Waals surface area contributed by atoms with Gasteiger partial charge in [-0.2, -0.15) is 0 Å². The molecule has 0 saturated carbocycles. The van der Waals surface area contributed by atoms with Gasteiger partial charge in [0.25, 0.3) is 5.91 Å². The zero-order valence-corrected chi connectivity index (χ0v) is 12.6. The molecule has 5 heteroatoms. The summed E-state index contributed by atoms with van der Waals surface area (Å²) >= 11 is 9.18. The minimum atomic E-state index is -0.152. The number of carbonyl (C=O) groups excluding carboxylic acids is 1. The Labute approximate surface area is 125 Å². The van der Waals surface area contributed by atoms with Crippen molar-refractivity contribution in [2.24, 2.45) is 0 Å². The average Bonchev–Trinajstić information content (AvgIpc) is 2.39. The third kappa shape index (κ3) is 3.78. The third-order valence-electron chi connectivity index (χ3n) is 2.56. The molecule has 2 aromatic rings. The topological polar surface area (TPSA) is 42.0 Å². The van der Waals surface area contributed by atoms with Crippen LogP contribution in [0.5, 0.6) is 0 Å². The van der Waals surface area contributed by atoms with E-state index in [4.69, 9.17) is 11.6 Å². The van der Waals surface area contributed by atoms with Gasteiger partial charge in [-0.1, -0.05) is 17.7 Å². The van der Waals surface area contributed by atoms with E-state index in [1.54, 1.807) is 18.2 Å². The first kappa shape index (κ1) is 14.0. The molecule has 1 aromatic heterocycles. The van der Waals surface area contributed by atoms with Crippen molar-refractivity contribution in [3.05, 3.63) is 62.8 Å². The minimum absolute atomic E-state index is 0.152. The summed E-state index contributed by atoms with van der Waals surface area (Å²) in [5, 5.41) is 3.40. The van der Waals surface area contributed by atoms with Crippen LogP contribution >= 0.6 is 27.5 Å². The summed E-state index contributed by atoms with van der Waals surface area (Å²) in [4.78, 5) is 16.3. The van der Waals surface area contributed by atoms with Gasteiger partial charge in [0, 0.05) is 15.7 Å². The first-order valence-corrected chi connectivity index (χ1v) is 6.89. The van der Waals surface area contributed by atoms with Gasteiger partial charge in [0.15, 0.2) is 0 Å². The predicted octanol–water partition coefficient (Wildman–Crippen LogP) is 3.74. The van der Waals surface area contributed by atoms with Crippen LogP contribution in [0.3, 0.4) is 0 Å². The molecule has 1 N–H and O–H groups in total. The number of nitrogens with zero attached hydrogens (tertiary/aromatic N) is 1. The molecule has 0 spiro atoms. The van der Waals surface area contributed by atoms with Gasteiger partial charge in [-0.25, -0.2) is 0 Å². The van der Waals surface area contributed by atoms with Crippen LogP contribution in [0, 0.1) is 6.92 Å². The fraction of sp³-hybridized carbons (Fsp3) is 0.143. The van der Waals surface area contributed by atoms with Crippen molar-refractivity contribution in [1.82, 2.24) is 10.3 Å². The second kappa shape index (κ2) is 6.17. The molecule has 0 bridgehead atoms. The van der Waals surface area contributed by atoms with Gasteiger partial charge in [-0.3, -0.25) is 9.78 Å². The first-order chi connectivity index (χ1) is 9.06. The van der Waals surface area contributed by atoms with Crippen molar-refractivity contribution >= 4 is 33.4 Å². The average molecular weight is 340 g/mol. The van der Waals surface area contributed by atoms with Crippen LogP contribution in [0.4, 0.5) is 0 Å². The fourth-order valence-electron chi connectivity index (χ4n) is 1.61. The molecule has 1 heterocycles. The molecule has 98 valence electrons. The Morgan fingerprint density at radius 1 is 1.37 bits per heavy atom. The highest BCUT2D eigenvalue weighted by molar-refractivity contribution is 9.10. The van der Waals surface area contributed by atoms with Gasteiger partial charge >= 0.3 is 0 Å². The zero-order chi connectivity index (χ0) is 13.8. The maximum absolute atomic E-state index is 12.0. The fourth-order valence-corrected chi connectivity index (χ4v) is 2.10. The van der Waals surface area contributed by atoms with Crippen LogP contribution < -0.4 is 5.32 Å². The predicted molar refractivity (Wildman–Crippen MR) is 79.3 cm³/mol. The van der Waals surface area contributed by atoms with Crippen molar-refractivity contribution in [1.29, 1.82) is 0 Å². The van der Waals surface area contributed by atoms with E-state index in [1.807, 2.05) is 25.1 Å². The van der Waals surface area contributed by atoms with Crippen LogP contribution in [-0.2, 0) is 6.54 Å². The second-order valence-corrected chi connectivity index (χ2v) is 5.34. The lowest BCUT2D eigenvalue weighted by atomic mass is 10.2. The van der Waals surface area contributed by atoms with E-state index in [9.17, 15) is 4.79 Å². The lowest BCUT2D eigenvalue weighted by Crippen LogP contribution is -2.23. The molecule has 1 amide bonds. The molecular weight excluding hydrogens is 328 g/mol.